The maximum atomic E-state index is 13.5. The molecule has 406 valence electrons. The molecular weight excluding hydrogens is 880 g/mol. The van der Waals surface area contributed by atoms with Gasteiger partial charge in [-0.05, 0) is 63.9 Å². The van der Waals surface area contributed by atoms with Crippen molar-refractivity contribution in [3.8, 4) is 0 Å². The predicted molar refractivity (Wildman–Crippen MR) is 293 cm³/mol. The first-order valence-electron chi connectivity index (χ1n) is 29.3. The fraction of sp³-hybridized carbons (Fsp3) is 0.864. The number of amides is 1. The quantitative estimate of drug-likeness (QED) is 0.0212. The Hall–Kier alpha value is -1.77. The molecule has 9 nitrogen and oxygen atoms in total. The SMILES string of the molecule is CCCCC/C=C\C/C=C\CCCCCCCCCC(=O)NC(COP(=O)([O-])OCC[N+](C)(C)C)C(/C=C/CCCCCCCCCCCC)OC(=O)CCCCCCCCCCCCCCCC. The van der Waals surface area contributed by atoms with Gasteiger partial charge in [0, 0.05) is 12.8 Å². The van der Waals surface area contributed by atoms with Crippen LogP contribution in [0.15, 0.2) is 36.5 Å². The number of esters is 1. The minimum Gasteiger partial charge on any atom is -0.756 e. The summed E-state index contributed by atoms with van der Waals surface area (Å²) in [6, 6.07) is -0.887. The van der Waals surface area contributed by atoms with Gasteiger partial charge in [-0.15, -0.1) is 0 Å². The molecule has 1 amide bonds. The molecular formula is C59H113N2O7P. The van der Waals surface area contributed by atoms with Crippen LogP contribution in [0.4, 0.5) is 0 Å². The largest absolute Gasteiger partial charge is 0.756 e. The fourth-order valence-electron chi connectivity index (χ4n) is 8.49. The van der Waals surface area contributed by atoms with E-state index in [0.29, 0.717) is 17.4 Å². The maximum Gasteiger partial charge on any atom is 0.306 e. The van der Waals surface area contributed by atoms with Gasteiger partial charge in [0.15, 0.2) is 0 Å². The number of rotatable bonds is 53. The van der Waals surface area contributed by atoms with Crippen LogP contribution in [0.1, 0.15) is 278 Å². The molecule has 0 aromatic rings. The summed E-state index contributed by atoms with van der Waals surface area (Å²) < 4.78 is 30.2. The van der Waals surface area contributed by atoms with Gasteiger partial charge in [-0.25, -0.2) is 0 Å². The van der Waals surface area contributed by atoms with Crippen LogP contribution in [-0.4, -0.2) is 69.4 Å². The summed E-state index contributed by atoms with van der Waals surface area (Å²) >= 11 is 0. The van der Waals surface area contributed by atoms with Gasteiger partial charge < -0.3 is 28.5 Å². The zero-order valence-corrected chi connectivity index (χ0v) is 47.2. The number of nitrogens with one attached hydrogen (secondary N) is 1. The van der Waals surface area contributed by atoms with Gasteiger partial charge in [0.05, 0.1) is 33.8 Å². The molecule has 3 atom stereocenters. The second-order valence-corrected chi connectivity index (χ2v) is 22.6. The second-order valence-electron chi connectivity index (χ2n) is 21.2. The Morgan fingerprint density at radius 2 is 0.884 bits per heavy atom. The van der Waals surface area contributed by atoms with E-state index in [2.05, 4.69) is 50.4 Å². The summed E-state index contributed by atoms with van der Waals surface area (Å²) in [7, 11) is 1.19. The number of quaternary nitrogens is 1. The number of nitrogens with zero attached hydrogens (tertiary/aromatic N) is 1. The zero-order chi connectivity index (χ0) is 50.8. The monoisotopic (exact) mass is 993 g/mol. The lowest BCUT2D eigenvalue weighted by molar-refractivity contribution is -0.870. The lowest BCUT2D eigenvalue weighted by Crippen LogP contribution is -2.47. The van der Waals surface area contributed by atoms with Crippen molar-refractivity contribution in [1.29, 1.82) is 0 Å². The highest BCUT2D eigenvalue weighted by atomic mass is 31.2. The van der Waals surface area contributed by atoms with E-state index >= 15 is 0 Å². The summed E-state index contributed by atoms with van der Waals surface area (Å²) in [5, 5.41) is 3.02. The summed E-state index contributed by atoms with van der Waals surface area (Å²) in [6.07, 6.45) is 58.1. The van der Waals surface area contributed by atoms with Gasteiger partial charge in [0.1, 0.15) is 19.3 Å². The van der Waals surface area contributed by atoms with Crippen LogP contribution in [-0.2, 0) is 27.9 Å². The highest BCUT2D eigenvalue weighted by molar-refractivity contribution is 7.45. The molecule has 0 aromatic heterocycles. The predicted octanol–water partition coefficient (Wildman–Crippen LogP) is 16.9. The first-order chi connectivity index (χ1) is 33.4. The number of phosphoric acid groups is 1. The summed E-state index contributed by atoms with van der Waals surface area (Å²) in [5.41, 5.74) is 0. The highest BCUT2D eigenvalue weighted by Gasteiger charge is 2.27. The molecule has 0 heterocycles. The Morgan fingerprint density at radius 3 is 1.33 bits per heavy atom. The van der Waals surface area contributed by atoms with Crippen molar-refractivity contribution in [2.24, 2.45) is 0 Å². The maximum absolute atomic E-state index is 13.5. The van der Waals surface area contributed by atoms with Gasteiger partial charge in [-0.3, -0.25) is 14.2 Å². The number of unbranched alkanes of at least 4 members (excludes halogenated alkanes) is 33. The Labute approximate surface area is 427 Å². The van der Waals surface area contributed by atoms with Crippen molar-refractivity contribution < 1.29 is 37.3 Å². The van der Waals surface area contributed by atoms with Gasteiger partial charge in [-0.2, -0.15) is 0 Å². The number of hydrogen-bond donors (Lipinski definition) is 1. The van der Waals surface area contributed by atoms with Gasteiger partial charge in [0.2, 0.25) is 5.91 Å². The number of carbonyl (C=O) groups excluding carboxylic acids is 2. The third-order valence-corrected chi connectivity index (χ3v) is 14.0. The molecule has 0 bridgehead atoms. The summed E-state index contributed by atoms with van der Waals surface area (Å²) in [6.45, 7) is 6.83. The molecule has 0 fully saturated rings. The number of allylic oxidation sites excluding steroid dienone is 5. The van der Waals surface area contributed by atoms with E-state index in [9.17, 15) is 19.0 Å². The Balaban J connectivity index is 5.32. The van der Waals surface area contributed by atoms with Crippen LogP contribution in [0.3, 0.4) is 0 Å². The third kappa shape index (κ3) is 51.0. The average Bonchev–Trinajstić information content (AvgIpc) is 3.31. The molecule has 1 N–H and O–H groups in total. The van der Waals surface area contributed by atoms with E-state index in [0.717, 1.165) is 77.0 Å². The Morgan fingerprint density at radius 1 is 0.507 bits per heavy atom. The lowest BCUT2D eigenvalue weighted by Gasteiger charge is -2.30. The molecule has 0 aliphatic carbocycles. The van der Waals surface area contributed by atoms with Crippen molar-refractivity contribution in [3.05, 3.63) is 36.5 Å². The molecule has 0 saturated heterocycles. The van der Waals surface area contributed by atoms with E-state index in [-0.39, 0.29) is 31.5 Å². The molecule has 69 heavy (non-hydrogen) atoms. The van der Waals surface area contributed by atoms with Crippen molar-refractivity contribution in [2.45, 2.75) is 290 Å². The van der Waals surface area contributed by atoms with Crippen LogP contribution in [0.25, 0.3) is 0 Å². The Bertz CT molecular complexity index is 1280. The molecule has 0 spiro atoms. The number of carbonyl (C=O) groups is 2. The Kier molecular flexibility index (Phi) is 48.5. The zero-order valence-electron chi connectivity index (χ0n) is 46.3. The van der Waals surface area contributed by atoms with Gasteiger partial charge in [-0.1, -0.05) is 237 Å². The number of phosphoric ester groups is 1. The van der Waals surface area contributed by atoms with Crippen molar-refractivity contribution in [1.82, 2.24) is 5.32 Å². The molecule has 3 unspecified atom stereocenters. The summed E-state index contributed by atoms with van der Waals surface area (Å²) in [4.78, 5) is 39.8. The third-order valence-electron chi connectivity index (χ3n) is 13.1. The van der Waals surface area contributed by atoms with Crippen molar-refractivity contribution >= 4 is 19.7 Å². The first kappa shape index (κ1) is 67.2. The molecule has 0 rings (SSSR count). The smallest absolute Gasteiger partial charge is 0.306 e. The molecule has 0 saturated carbocycles. The normalized spacial score (nSPS) is 14.0. The second kappa shape index (κ2) is 49.8. The highest BCUT2D eigenvalue weighted by Crippen LogP contribution is 2.38. The lowest BCUT2D eigenvalue weighted by atomic mass is 10.0. The van der Waals surface area contributed by atoms with E-state index in [1.54, 1.807) is 0 Å². The number of hydrogen-bond acceptors (Lipinski definition) is 7. The van der Waals surface area contributed by atoms with E-state index in [1.165, 1.54) is 167 Å². The van der Waals surface area contributed by atoms with E-state index in [4.69, 9.17) is 13.8 Å². The van der Waals surface area contributed by atoms with Crippen LogP contribution in [0, 0.1) is 0 Å². The van der Waals surface area contributed by atoms with Gasteiger partial charge >= 0.3 is 5.97 Å². The van der Waals surface area contributed by atoms with Crippen LogP contribution in [0.2, 0.25) is 0 Å². The number of likely N-dealkylation sites (N-methyl/N-ethyl adjacent to an activating group) is 1. The van der Waals surface area contributed by atoms with Crippen LogP contribution >= 0.6 is 7.82 Å². The van der Waals surface area contributed by atoms with Crippen LogP contribution < -0.4 is 10.2 Å². The van der Waals surface area contributed by atoms with Crippen molar-refractivity contribution in [2.75, 3.05) is 40.9 Å². The average molecular weight is 994 g/mol. The molecule has 0 aliphatic rings. The minimum atomic E-state index is -4.69. The standard InChI is InChI=1S/C59H113N2O7P/c1-7-10-13-16-19-22-25-28-30-31-32-33-36-39-42-45-48-51-58(62)60-56(55-67-69(64,65)66-54-53-61(4,5)6)57(50-47-44-41-38-35-27-24-21-18-15-12-9-3)68-59(63)52-49-46-43-40-37-34-29-26-23-20-17-14-11-8-2/h19,22,28,30,47,50,56-57H,7-18,20-21,23-27,29,31-46,48-49,51-55H2,1-6H3,(H-,60,62,64,65)/b22-19-,30-28-,50-47+. The van der Waals surface area contributed by atoms with Crippen molar-refractivity contribution in [3.63, 3.8) is 0 Å². The van der Waals surface area contributed by atoms with E-state index in [1.807, 2.05) is 33.3 Å². The molecule has 10 heteroatoms. The number of ether oxygens (including phenoxy) is 1. The minimum absolute atomic E-state index is 0.0220. The van der Waals surface area contributed by atoms with E-state index < -0.39 is 20.0 Å². The topological polar surface area (TPSA) is 114 Å². The molecule has 0 aliphatic heterocycles. The molecule has 0 aromatic carbocycles. The van der Waals surface area contributed by atoms with Crippen LogP contribution in [0.5, 0.6) is 0 Å². The summed E-state index contributed by atoms with van der Waals surface area (Å²) in [5.74, 6) is -0.540. The fourth-order valence-corrected chi connectivity index (χ4v) is 9.22. The first-order valence-corrected chi connectivity index (χ1v) is 30.8. The van der Waals surface area contributed by atoms with Gasteiger partial charge in [0.25, 0.3) is 7.82 Å². The molecule has 0 radical (unpaired) electrons.